The molecule has 53 heavy (non-hydrogen) atoms. The second kappa shape index (κ2) is 15.0. The van der Waals surface area contributed by atoms with E-state index in [1.807, 2.05) is 18.2 Å². The van der Waals surface area contributed by atoms with Gasteiger partial charge in [0.2, 0.25) is 0 Å². The minimum atomic E-state index is -0.863. The van der Waals surface area contributed by atoms with Crippen molar-refractivity contribution in [2.75, 3.05) is 18.5 Å². The number of hydrogen-bond donors (Lipinski definition) is 3. The van der Waals surface area contributed by atoms with Crippen molar-refractivity contribution >= 4 is 62.1 Å². The number of rotatable bonds is 5. The number of alkyl halides is 2. The SMILES string of the molecule is CC(=O)N[C@H]1C/C=C/COCc2ccc(Br)nc2NC(=O)[C@@H]2C[C@@]3(CNC1=O)[I-][C@H]3N2C(=O)Cn1nc(C(C)=O)c2cc(-c3cnc(C)nc3)ccc21. The van der Waals surface area contributed by atoms with Gasteiger partial charge in [0.1, 0.15) is 5.82 Å². The number of aromatic nitrogens is 5. The predicted molar refractivity (Wildman–Crippen MR) is 192 cm³/mol. The Morgan fingerprint density at radius 3 is 2.62 bits per heavy atom. The van der Waals surface area contributed by atoms with Crippen LogP contribution in [0.2, 0.25) is 0 Å². The summed E-state index contributed by atoms with van der Waals surface area (Å²) in [6.45, 7) is 5.00. The third-order valence-corrected chi connectivity index (χ3v) is 14.1. The van der Waals surface area contributed by atoms with Gasteiger partial charge in [-0.3, -0.25) is 0 Å². The zero-order valence-corrected chi connectivity index (χ0v) is 32.8. The number of ketones is 1. The number of aryl methyl sites for hydroxylation is 1. The van der Waals surface area contributed by atoms with Crippen LogP contribution in [0, 0.1) is 6.92 Å². The quantitative estimate of drug-likeness (QED) is 0.0598. The van der Waals surface area contributed by atoms with Crippen LogP contribution in [0.5, 0.6) is 0 Å². The first-order chi connectivity index (χ1) is 25.4. The summed E-state index contributed by atoms with van der Waals surface area (Å²) < 4.78 is 7.17. The van der Waals surface area contributed by atoms with Crippen LogP contribution >= 0.6 is 15.9 Å². The van der Waals surface area contributed by atoms with E-state index in [1.54, 1.807) is 48.5 Å². The van der Waals surface area contributed by atoms with Crippen LogP contribution < -0.4 is 37.2 Å². The van der Waals surface area contributed by atoms with Gasteiger partial charge in [0, 0.05) is 0 Å². The maximum atomic E-state index is 14.4. The van der Waals surface area contributed by atoms with Crippen molar-refractivity contribution in [3.05, 3.63) is 76.6 Å². The molecule has 2 saturated heterocycles. The van der Waals surface area contributed by atoms with Gasteiger partial charge < -0.3 is 0 Å². The van der Waals surface area contributed by atoms with Gasteiger partial charge in [0.25, 0.3) is 0 Å². The predicted octanol–water partition coefficient (Wildman–Crippen LogP) is -0.334. The molecule has 0 unspecified atom stereocenters. The first-order valence-corrected chi connectivity index (χ1v) is 20.0. The molecule has 7 rings (SSSR count). The van der Waals surface area contributed by atoms with E-state index in [-0.39, 0.29) is 66.0 Å². The van der Waals surface area contributed by atoms with E-state index in [0.29, 0.717) is 39.1 Å². The van der Waals surface area contributed by atoms with Crippen LogP contribution in [-0.4, -0.2) is 91.7 Å². The van der Waals surface area contributed by atoms with Gasteiger partial charge in [0.15, 0.2) is 0 Å². The number of amides is 4. The van der Waals surface area contributed by atoms with Crippen LogP contribution in [-0.2, 0) is 37.1 Å². The fraction of sp³-hybridized carbons (Fsp3) is 0.361. The summed E-state index contributed by atoms with van der Waals surface area (Å²) in [6.07, 6.45) is 7.58. The fourth-order valence-electron chi connectivity index (χ4n) is 6.66. The van der Waals surface area contributed by atoms with Gasteiger partial charge in [0.05, 0.1) is 0 Å². The van der Waals surface area contributed by atoms with E-state index in [1.165, 1.54) is 18.5 Å². The first kappa shape index (κ1) is 36.7. The molecule has 2 bridgehead atoms. The number of hydrogen-bond acceptors (Lipinski definition) is 10. The minimum absolute atomic E-state index is 0.144. The Labute approximate surface area is 323 Å². The second-order valence-corrected chi connectivity index (χ2v) is 17.9. The van der Waals surface area contributed by atoms with Gasteiger partial charge in [-0.25, -0.2) is 0 Å². The normalized spacial score (nSPS) is 23.8. The topological polar surface area (TPSA) is 190 Å². The molecule has 0 aliphatic carbocycles. The molecule has 17 heteroatoms. The molecule has 2 fully saturated rings. The summed E-state index contributed by atoms with van der Waals surface area (Å²) >= 11 is 2.75. The third kappa shape index (κ3) is 7.73. The van der Waals surface area contributed by atoms with Crippen molar-refractivity contribution in [2.45, 2.75) is 66.3 Å². The summed E-state index contributed by atoms with van der Waals surface area (Å²) in [6, 6.07) is 7.42. The Morgan fingerprint density at radius 1 is 1.08 bits per heavy atom. The molecule has 3 aliphatic heterocycles. The van der Waals surface area contributed by atoms with Crippen molar-refractivity contribution < 1.29 is 49.9 Å². The number of carbonyl (C=O) groups is 5. The number of pyridine rings is 1. The molecule has 4 amide bonds. The summed E-state index contributed by atoms with van der Waals surface area (Å²) in [4.78, 5) is 81.3. The van der Waals surface area contributed by atoms with Crippen molar-refractivity contribution in [1.29, 1.82) is 0 Å². The van der Waals surface area contributed by atoms with Gasteiger partial charge in [-0.2, -0.15) is 0 Å². The molecule has 1 spiro atoms. The number of ether oxygens (including phenoxy) is 1. The number of Topliss-reactive ketones (excluding diaryl/α,β-unsaturated/α-hetero) is 1. The van der Waals surface area contributed by atoms with Gasteiger partial charge >= 0.3 is 312 Å². The molecule has 3 N–H and O–H groups in total. The first-order valence-electron chi connectivity index (χ1n) is 16.9. The third-order valence-electron chi connectivity index (χ3n) is 9.33. The Hall–Kier alpha value is -4.62. The summed E-state index contributed by atoms with van der Waals surface area (Å²) in [5, 5.41) is 13.8. The molecule has 4 atom stereocenters. The summed E-state index contributed by atoms with van der Waals surface area (Å²) in [7, 11) is 0. The molecular formula is C36H36BrIN9O6-. The molecule has 0 radical (unpaired) electrons. The van der Waals surface area contributed by atoms with Gasteiger partial charge in [-0.05, 0) is 6.92 Å². The molecule has 15 nitrogen and oxygen atoms in total. The van der Waals surface area contributed by atoms with Gasteiger partial charge in [-0.1, -0.05) is 0 Å². The van der Waals surface area contributed by atoms with Crippen LogP contribution in [0.15, 0.2) is 59.5 Å². The number of nitrogens with zero attached hydrogens (tertiary/aromatic N) is 6. The molecule has 3 aromatic heterocycles. The van der Waals surface area contributed by atoms with Crippen molar-refractivity contribution in [3.63, 3.8) is 0 Å². The van der Waals surface area contributed by atoms with E-state index in [2.05, 4.69) is 51.9 Å². The molecular weight excluding hydrogens is 861 g/mol. The van der Waals surface area contributed by atoms with Crippen LogP contribution in [0.1, 0.15) is 48.6 Å². The number of likely N-dealkylation sites (tertiary alicyclic amines) is 1. The molecule has 6 heterocycles. The van der Waals surface area contributed by atoms with Crippen LogP contribution in [0.4, 0.5) is 5.82 Å². The van der Waals surface area contributed by atoms with Crippen molar-refractivity contribution in [3.8, 4) is 11.1 Å². The summed E-state index contributed by atoms with van der Waals surface area (Å²) in [5.41, 5.74) is 3.03. The Balaban J connectivity index is 1.20. The monoisotopic (exact) mass is 896 g/mol. The maximum absolute atomic E-state index is 14.4. The van der Waals surface area contributed by atoms with E-state index in [4.69, 9.17) is 4.74 Å². The number of benzene rings is 1. The molecule has 1 aromatic carbocycles. The number of anilines is 1. The Kier molecular flexibility index (Phi) is 10.4. The molecule has 276 valence electrons. The van der Waals surface area contributed by atoms with Gasteiger partial charge in [-0.15, -0.1) is 0 Å². The number of carbonyl (C=O) groups excluding carboxylic acids is 5. The van der Waals surface area contributed by atoms with E-state index in [9.17, 15) is 24.0 Å². The zero-order chi connectivity index (χ0) is 37.4. The van der Waals surface area contributed by atoms with E-state index >= 15 is 0 Å². The standard InChI is InChI=1S/C36H36BrIN9O6/c1-19(48)31-25-12-22(24-14-39-20(2)40-15-24)7-9-27(25)46(45-31)16-30(50)47-28-13-36(35(47)38-36)18-41-33(51)26(42-21(3)49)6-4-5-11-53-17-23-8-10-29(37)43-32(23)44-34(28)52/h4-5,7-10,12,14-15,26,28,35H,6,11,13,16-18H2,1-3H3,(H,41,51)(H,42,49)(H,43,44,52)/q-1/b5-4+/t26-,28-,35-,36-/m0/s1. The van der Waals surface area contributed by atoms with Crippen LogP contribution in [0.25, 0.3) is 22.0 Å². The van der Waals surface area contributed by atoms with E-state index < -0.39 is 42.6 Å². The zero-order valence-electron chi connectivity index (χ0n) is 29.1. The number of fused-ring (bicyclic) bond motifs is 3. The van der Waals surface area contributed by atoms with Crippen molar-refractivity contribution in [1.82, 2.24) is 40.3 Å². The summed E-state index contributed by atoms with van der Waals surface area (Å²) in [5.74, 6) is -0.730. The fourth-order valence-corrected chi connectivity index (χ4v) is 10.8. The number of halogens is 2. The molecule has 3 aliphatic rings. The molecule has 0 saturated carbocycles. The van der Waals surface area contributed by atoms with Crippen LogP contribution in [0.3, 0.4) is 0 Å². The van der Waals surface area contributed by atoms with E-state index in [0.717, 1.165) is 11.1 Å². The Bertz CT molecular complexity index is 2180. The Morgan fingerprint density at radius 2 is 1.87 bits per heavy atom. The average molecular weight is 898 g/mol. The van der Waals surface area contributed by atoms with Crippen molar-refractivity contribution in [2.24, 2.45) is 0 Å². The number of nitrogens with one attached hydrogen (secondary N) is 3. The average Bonchev–Trinajstić information content (AvgIpc) is 3.54. The molecule has 4 aromatic rings. The second-order valence-electron chi connectivity index (χ2n) is 13.1.